The highest BCUT2D eigenvalue weighted by Crippen LogP contribution is 2.35. The van der Waals surface area contributed by atoms with Gasteiger partial charge in [-0.25, -0.2) is 4.98 Å². The lowest BCUT2D eigenvalue weighted by Gasteiger charge is -2.31. The van der Waals surface area contributed by atoms with E-state index >= 15 is 0 Å². The van der Waals surface area contributed by atoms with E-state index < -0.39 is 0 Å². The molecule has 3 aromatic heterocycles. The fourth-order valence-electron chi connectivity index (χ4n) is 3.45. The van der Waals surface area contributed by atoms with Crippen molar-refractivity contribution in [3.63, 3.8) is 0 Å². The van der Waals surface area contributed by atoms with Gasteiger partial charge in [-0.05, 0) is 43.5 Å². The zero-order valence-electron chi connectivity index (χ0n) is 16.4. The zero-order chi connectivity index (χ0) is 21.1. The predicted octanol–water partition coefficient (Wildman–Crippen LogP) is 4.40. The molecule has 1 saturated heterocycles. The van der Waals surface area contributed by atoms with Gasteiger partial charge in [-0.3, -0.25) is 14.6 Å². The number of aryl methyl sites for hydroxylation is 1. The van der Waals surface area contributed by atoms with Crippen LogP contribution in [-0.4, -0.2) is 39.8 Å². The van der Waals surface area contributed by atoms with Crippen LogP contribution in [0.25, 0.3) is 9.88 Å². The van der Waals surface area contributed by atoms with E-state index in [0.29, 0.717) is 41.7 Å². The maximum Gasteiger partial charge on any atom is 0.265 e. The van der Waals surface area contributed by atoms with Crippen LogP contribution in [0.1, 0.15) is 33.8 Å². The molecule has 4 rings (SSSR count). The summed E-state index contributed by atoms with van der Waals surface area (Å²) in [4.78, 5) is 37.6. The first kappa shape index (κ1) is 21.0. The third-order valence-electron chi connectivity index (χ3n) is 5.12. The number of aromatic nitrogens is 2. The number of piperidine rings is 1. The van der Waals surface area contributed by atoms with Gasteiger partial charge in [-0.2, -0.15) is 0 Å². The molecule has 156 valence electrons. The summed E-state index contributed by atoms with van der Waals surface area (Å²) < 4.78 is 0.703. The normalized spacial score (nSPS) is 14.7. The SMILES string of the molecule is Cc1nc(-c2ccc(Cl)s2)sc1C(=O)N1CCC(C(=O)NCc2cccnc2)CC1. The molecule has 0 saturated carbocycles. The summed E-state index contributed by atoms with van der Waals surface area (Å²) >= 11 is 8.88. The first-order chi connectivity index (χ1) is 14.5. The summed E-state index contributed by atoms with van der Waals surface area (Å²) in [6.45, 7) is 3.48. The van der Waals surface area contributed by atoms with Crippen LogP contribution in [0, 0.1) is 12.8 Å². The third-order valence-corrected chi connectivity index (χ3v) is 7.66. The Morgan fingerprint density at radius 3 is 2.70 bits per heavy atom. The molecule has 0 aromatic carbocycles. The largest absolute Gasteiger partial charge is 0.352 e. The van der Waals surface area contributed by atoms with Gasteiger partial charge in [0.1, 0.15) is 9.88 Å². The van der Waals surface area contributed by atoms with Gasteiger partial charge in [0.05, 0.1) is 14.9 Å². The van der Waals surface area contributed by atoms with E-state index in [-0.39, 0.29) is 17.7 Å². The molecule has 4 heterocycles. The first-order valence-electron chi connectivity index (χ1n) is 9.70. The van der Waals surface area contributed by atoms with Crippen molar-refractivity contribution in [1.82, 2.24) is 20.2 Å². The minimum absolute atomic E-state index is 0.00637. The highest BCUT2D eigenvalue weighted by molar-refractivity contribution is 7.24. The van der Waals surface area contributed by atoms with Crippen LogP contribution in [0.5, 0.6) is 0 Å². The standard InChI is InChI=1S/C21H21ClN4O2S2/c1-13-18(30-20(25-13)16-4-5-17(22)29-16)21(28)26-9-6-15(7-10-26)19(27)24-12-14-3-2-8-23-11-14/h2-5,8,11,15H,6-7,9-10,12H2,1H3,(H,24,27). The molecule has 1 aliphatic heterocycles. The van der Waals surface area contributed by atoms with Gasteiger partial charge in [0.25, 0.3) is 5.91 Å². The van der Waals surface area contributed by atoms with Crippen LogP contribution in [0.2, 0.25) is 4.34 Å². The minimum Gasteiger partial charge on any atom is -0.352 e. The van der Waals surface area contributed by atoms with E-state index in [1.54, 1.807) is 12.4 Å². The molecule has 1 fully saturated rings. The van der Waals surface area contributed by atoms with Crippen LogP contribution in [0.4, 0.5) is 0 Å². The Bertz CT molecular complexity index is 1040. The molecule has 30 heavy (non-hydrogen) atoms. The first-order valence-corrected chi connectivity index (χ1v) is 11.7. The number of nitrogens with one attached hydrogen (secondary N) is 1. The Kier molecular flexibility index (Phi) is 6.46. The second kappa shape index (κ2) is 9.24. The Morgan fingerprint density at radius 1 is 1.23 bits per heavy atom. The number of hydrogen-bond donors (Lipinski definition) is 1. The fourth-order valence-corrected chi connectivity index (χ4v) is 5.59. The number of thiophene rings is 1. The third kappa shape index (κ3) is 4.71. The number of carbonyl (C=O) groups excluding carboxylic acids is 2. The molecule has 0 bridgehead atoms. The second-order valence-corrected chi connectivity index (χ2v) is 9.90. The predicted molar refractivity (Wildman–Crippen MR) is 120 cm³/mol. The molecule has 0 spiro atoms. The van der Waals surface area contributed by atoms with Gasteiger partial charge in [0.15, 0.2) is 0 Å². The average Bonchev–Trinajstić information content (AvgIpc) is 3.38. The number of thiazole rings is 1. The smallest absolute Gasteiger partial charge is 0.265 e. The van der Waals surface area contributed by atoms with Gasteiger partial charge in [-0.15, -0.1) is 22.7 Å². The van der Waals surface area contributed by atoms with Crippen molar-refractivity contribution in [3.05, 3.63) is 57.1 Å². The molecule has 1 N–H and O–H groups in total. The number of hydrogen-bond acceptors (Lipinski definition) is 6. The van der Waals surface area contributed by atoms with Crippen molar-refractivity contribution in [1.29, 1.82) is 0 Å². The molecule has 6 nitrogen and oxygen atoms in total. The molecule has 0 aliphatic carbocycles. The summed E-state index contributed by atoms with van der Waals surface area (Å²) in [5.41, 5.74) is 1.71. The number of amides is 2. The van der Waals surface area contributed by atoms with E-state index in [4.69, 9.17) is 11.6 Å². The number of carbonyl (C=O) groups is 2. The molecular formula is C21H21ClN4O2S2. The minimum atomic E-state index is -0.0721. The lowest BCUT2D eigenvalue weighted by molar-refractivity contribution is -0.126. The molecule has 0 atom stereocenters. The fraction of sp³-hybridized carbons (Fsp3) is 0.333. The van der Waals surface area contributed by atoms with Gasteiger partial charge < -0.3 is 10.2 Å². The summed E-state index contributed by atoms with van der Waals surface area (Å²) in [5, 5.41) is 3.79. The number of rotatable bonds is 5. The van der Waals surface area contributed by atoms with Crippen molar-refractivity contribution >= 4 is 46.1 Å². The number of halogens is 1. The summed E-state index contributed by atoms with van der Waals surface area (Å²) in [6.07, 6.45) is 4.78. The molecule has 3 aromatic rings. The van der Waals surface area contributed by atoms with Crippen LogP contribution in [0.15, 0.2) is 36.7 Å². The van der Waals surface area contributed by atoms with Crippen LogP contribution >= 0.6 is 34.3 Å². The topological polar surface area (TPSA) is 75.2 Å². The summed E-state index contributed by atoms with van der Waals surface area (Å²) in [5.74, 6) is -0.0398. The molecule has 0 radical (unpaired) electrons. The summed E-state index contributed by atoms with van der Waals surface area (Å²) in [6, 6.07) is 7.55. The number of likely N-dealkylation sites (tertiary alicyclic amines) is 1. The van der Waals surface area contributed by atoms with E-state index in [2.05, 4.69) is 15.3 Å². The van der Waals surface area contributed by atoms with Gasteiger partial charge in [-0.1, -0.05) is 17.7 Å². The maximum absolute atomic E-state index is 13.0. The van der Waals surface area contributed by atoms with Crippen molar-refractivity contribution in [2.45, 2.75) is 26.3 Å². The van der Waals surface area contributed by atoms with E-state index in [0.717, 1.165) is 21.1 Å². The van der Waals surface area contributed by atoms with E-state index in [9.17, 15) is 9.59 Å². The van der Waals surface area contributed by atoms with Gasteiger partial charge in [0.2, 0.25) is 5.91 Å². The Labute approximate surface area is 187 Å². The second-order valence-electron chi connectivity index (χ2n) is 7.18. The molecule has 2 amide bonds. The van der Waals surface area contributed by atoms with Gasteiger partial charge >= 0.3 is 0 Å². The molecular weight excluding hydrogens is 440 g/mol. The van der Waals surface area contributed by atoms with Crippen LogP contribution in [-0.2, 0) is 11.3 Å². The molecule has 1 aliphatic rings. The Balaban J connectivity index is 1.33. The van der Waals surface area contributed by atoms with Crippen molar-refractivity contribution < 1.29 is 9.59 Å². The van der Waals surface area contributed by atoms with Crippen LogP contribution in [0.3, 0.4) is 0 Å². The van der Waals surface area contributed by atoms with Crippen molar-refractivity contribution in [3.8, 4) is 9.88 Å². The highest BCUT2D eigenvalue weighted by Gasteiger charge is 2.29. The molecule has 0 unspecified atom stereocenters. The molecule has 9 heteroatoms. The van der Waals surface area contributed by atoms with Crippen LogP contribution < -0.4 is 5.32 Å². The number of nitrogens with zero attached hydrogens (tertiary/aromatic N) is 3. The monoisotopic (exact) mass is 460 g/mol. The lowest BCUT2D eigenvalue weighted by Crippen LogP contribution is -2.42. The van der Waals surface area contributed by atoms with E-state index in [1.807, 2.05) is 36.1 Å². The highest BCUT2D eigenvalue weighted by atomic mass is 35.5. The quantitative estimate of drug-likeness (QED) is 0.612. The van der Waals surface area contributed by atoms with Crippen molar-refractivity contribution in [2.24, 2.45) is 5.92 Å². The lowest BCUT2D eigenvalue weighted by atomic mass is 9.95. The van der Waals surface area contributed by atoms with Crippen molar-refractivity contribution in [2.75, 3.05) is 13.1 Å². The summed E-state index contributed by atoms with van der Waals surface area (Å²) in [7, 11) is 0. The van der Waals surface area contributed by atoms with E-state index in [1.165, 1.54) is 22.7 Å². The number of pyridine rings is 1. The zero-order valence-corrected chi connectivity index (χ0v) is 18.8. The van der Waals surface area contributed by atoms with Gasteiger partial charge in [0, 0.05) is 37.9 Å². The Morgan fingerprint density at radius 2 is 2.03 bits per heavy atom. The Hall–Kier alpha value is -2.29. The average molecular weight is 461 g/mol. The maximum atomic E-state index is 13.0.